The second-order valence-electron chi connectivity index (χ2n) is 5.00. The topological polar surface area (TPSA) is 35.5 Å². The highest BCUT2D eigenvalue weighted by atomic mass is 16.3. The zero-order chi connectivity index (χ0) is 14.3. The summed E-state index contributed by atoms with van der Waals surface area (Å²) in [6.45, 7) is 11.0. The first-order valence-electron chi connectivity index (χ1n) is 7.39. The Labute approximate surface area is 117 Å². The molecule has 0 amide bonds. The van der Waals surface area contributed by atoms with E-state index in [4.69, 9.17) is 0 Å². The van der Waals surface area contributed by atoms with E-state index in [0.717, 1.165) is 31.6 Å². The van der Waals surface area contributed by atoms with Crippen molar-refractivity contribution in [3.05, 3.63) is 24.3 Å². The van der Waals surface area contributed by atoms with Crippen LogP contribution >= 0.6 is 0 Å². The highest BCUT2D eigenvalue weighted by molar-refractivity contribution is 5.55. The molecule has 3 nitrogen and oxygen atoms in total. The number of anilines is 2. The summed E-state index contributed by atoms with van der Waals surface area (Å²) >= 11 is 0. The van der Waals surface area contributed by atoms with E-state index in [1.54, 1.807) is 0 Å². The second-order valence-corrected chi connectivity index (χ2v) is 5.00. The average Bonchev–Trinajstić information content (AvgIpc) is 2.47. The Kier molecular flexibility index (Phi) is 6.16. The molecule has 0 fully saturated rings. The van der Waals surface area contributed by atoms with Crippen LogP contribution in [0.2, 0.25) is 0 Å². The lowest BCUT2D eigenvalue weighted by Gasteiger charge is -2.26. The molecule has 19 heavy (non-hydrogen) atoms. The van der Waals surface area contributed by atoms with Crippen LogP contribution in [0.5, 0.6) is 0 Å². The van der Waals surface area contributed by atoms with Gasteiger partial charge in [-0.1, -0.05) is 13.8 Å². The number of hydrogen-bond donors (Lipinski definition) is 2. The molecule has 0 aliphatic rings. The summed E-state index contributed by atoms with van der Waals surface area (Å²) in [6.07, 6.45) is 1.54. The molecule has 0 aliphatic carbocycles. The molecule has 1 aromatic rings. The van der Waals surface area contributed by atoms with Crippen LogP contribution in [0.25, 0.3) is 0 Å². The van der Waals surface area contributed by atoms with E-state index in [0.29, 0.717) is 6.54 Å². The Balaban J connectivity index is 2.62. The van der Waals surface area contributed by atoms with E-state index in [2.05, 4.69) is 48.3 Å². The van der Waals surface area contributed by atoms with Crippen molar-refractivity contribution in [3.63, 3.8) is 0 Å². The molecule has 3 heteroatoms. The third-order valence-corrected chi connectivity index (χ3v) is 3.93. The molecule has 0 heterocycles. The van der Waals surface area contributed by atoms with Crippen LogP contribution in [0.1, 0.15) is 40.5 Å². The van der Waals surface area contributed by atoms with E-state index in [9.17, 15) is 5.11 Å². The van der Waals surface area contributed by atoms with Crippen molar-refractivity contribution >= 4 is 11.4 Å². The maximum absolute atomic E-state index is 10.2. The summed E-state index contributed by atoms with van der Waals surface area (Å²) < 4.78 is 0. The minimum absolute atomic E-state index is 0.600. The molecule has 0 spiro atoms. The van der Waals surface area contributed by atoms with Crippen LogP contribution in [0.4, 0.5) is 11.4 Å². The lowest BCUT2D eigenvalue weighted by molar-refractivity contribution is 0.0457. The largest absolute Gasteiger partial charge is 0.388 e. The molecule has 2 N–H and O–H groups in total. The number of hydrogen-bond acceptors (Lipinski definition) is 3. The molecule has 0 aliphatic heterocycles. The highest BCUT2D eigenvalue weighted by Crippen LogP contribution is 2.20. The van der Waals surface area contributed by atoms with Crippen molar-refractivity contribution in [2.24, 2.45) is 0 Å². The molecule has 1 aromatic carbocycles. The fraction of sp³-hybridized carbons (Fsp3) is 0.625. The van der Waals surface area contributed by atoms with Crippen molar-refractivity contribution in [2.45, 2.75) is 46.1 Å². The van der Waals surface area contributed by atoms with Gasteiger partial charge in [0.05, 0.1) is 5.60 Å². The van der Waals surface area contributed by atoms with Gasteiger partial charge in [0, 0.05) is 31.0 Å². The zero-order valence-electron chi connectivity index (χ0n) is 12.7. The standard InChI is InChI=1S/C16H28N2O/c1-5-16(19,6-2)13-17-14-9-11-15(12-10-14)18(7-3)8-4/h9-12,17,19H,5-8,13H2,1-4H3. The van der Waals surface area contributed by atoms with Crippen LogP contribution in [-0.2, 0) is 0 Å². The Morgan fingerprint density at radius 3 is 1.95 bits per heavy atom. The monoisotopic (exact) mass is 264 g/mol. The summed E-state index contributed by atoms with van der Waals surface area (Å²) in [5.74, 6) is 0. The van der Waals surface area contributed by atoms with Gasteiger partial charge >= 0.3 is 0 Å². The normalized spacial score (nSPS) is 11.4. The summed E-state index contributed by atoms with van der Waals surface area (Å²) in [5, 5.41) is 13.6. The van der Waals surface area contributed by atoms with Crippen LogP contribution in [0.15, 0.2) is 24.3 Å². The van der Waals surface area contributed by atoms with Crippen LogP contribution in [0, 0.1) is 0 Å². The first kappa shape index (κ1) is 15.8. The maximum Gasteiger partial charge on any atom is 0.0814 e. The number of aliphatic hydroxyl groups is 1. The van der Waals surface area contributed by atoms with Gasteiger partial charge in [-0.25, -0.2) is 0 Å². The Bertz CT molecular complexity index is 354. The molecule has 0 bridgehead atoms. The van der Waals surface area contributed by atoms with Crippen LogP contribution < -0.4 is 10.2 Å². The third-order valence-electron chi connectivity index (χ3n) is 3.93. The van der Waals surface area contributed by atoms with E-state index in [1.807, 2.05) is 13.8 Å². The zero-order valence-corrected chi connectivity index (χ0v) is 12.7. The van der Waals surface area contributed by atoms with Crippen molar-refractivity contribution < 1.29 is 5.11 Å². The first-order valence-corrected chi connectivity index (χ1v) is 7.39. The molecule has 0 atom stereocenters. The van der Waals surface area contributed by atoms with Crippen molar-refractivity contribution in [1.82, 2.24) is 0 Å². The van der Waals surface area contributed by atoms with Gasteiger partial charge in [-0.3, -0.25) is 0 Å². The summed E-state index contributed by atoms with van der Waals surface area (Å²) in [6, 6.07) is 8.43. The van der Waals surface area contributed by atoms with E-state index < -0.39 is 5.60 Å². The van der Waals surface area contributed by atoms with Gasteiger partial charge in [0.2, 0.25) is 0 Å². The highest BCUT2D eigenvalue weighted by Gasteiger charge is 2.21. The summed E-state index contributed by atoms with van der Waals surface area (Å²) in [5.41, 5.74) is 1.71. The van der Waals surface area contributed by atoms with E-state index in [1.165, 1.54) is 5.69 Å². The predicted molar refractivity (Wildman–Crippen MR) is 84.0 cm³/mol. The SMILES string of the molecule is CCN(CC)c1ccc(NCC(O)(CC)CC)cc1. The first-order chi connectivity index (χ1) is 9.08. The van der Waals surface area contributed by atoms with Gasteiger partial charge in [-0.15, -0.1) is 0 Å². The fourth-order valence-electron chi connectivity index (χ4n) is 2.15. The third kappa shape index (κ3) is 4.43. The number of nitrogens with zero attached hydrogens (tertiary/aromatic N) is 1. The smallest absolute Gasteiger partial charge is 0.0814 e. The summed E-state index contributed by atoms with van der Waals surface area (Å²) in [4.78, 5) is 2.32. The molecule has 0 aromatic heterocycles. The van der Waals surface area contributed by atoms with Crippen LogP contribution in [0.3, 0.4) is 0 Å². The molecule has 0 saturated carbocycles. The summed E-state index contributed by atoms with van der Waals surface area (Å²) in [7, 11) is 0. The quantitative estimate of drug-likeness (QED) is 0.754. The molecule has 0 saturated heterocycles. The van der Waals surface area contributed by atoms with E-state index >= 15 is 0 Å². The number of benzene rings is 1. The van der Waals surface area contributed by atoms with E-state index in [-0.39, 0.29) is 0 Å². The molecule has 0 radical (unpaired) electrons. The van der Waals surface area contributed by atoms with Gasteiger partial charge < -0.3 is 15.3 Å². The van der Waals surface area contributed by atoms with Crippen molar-refractivity contribution in [1.29, 1.82) is 0 Å². The van der Waals surface area contributed by atoms with Gasteiger partial charge in [0.25, 0.3) is 0 Å². The molecule has 1 rings (SSSR count). The van der Waals surface area contributed by atoms with Gasteiger partial charge in [0.1, 0.15) is 0 Å². The molecule has 0 unspecified atom stereocenters. The average molecular weight is 264 g/mol. The maximum atomic E-state index is 10.2. The van der Waals surface area contributed by atoms with Crippen molar-refractivity contribution in [3.8, 4) is 0 Å². The van der Waals surface area contributed by atoms with Gasteiger partial charge in [0.15, 0.2) is 0 Å². The minimum atomic E-state index is -0.600. The second kappa shape index (κ2) is 7.39. The Morgan fingerprint density at radius 2 is 1.53 bits per heavy atom. The Morgan fingerprint density at radius 1 is 1.00 bits per heavy atom. The molecular formula is C16H28N2O. The Hall–Kier alpha value is -1.22. The predicted octanol–water partition coefficient (Wildman–Crippen LogP) is 3.50. The lowest BCUT2D eigenvalue weighted by Crippen LogP contribution is -2.35. The van der Waals surface area contributed by atoms with Gasteiger partial charge in [-0.2, -0.15) is 0 Å². The molecule has 108 valence electrons. The van der Waals surface area contributed by atoms with Gasteiger partial charge in [-0.05, 0) is 51.0 Å². The molecular weight excluding hydrogens is 236 g/mol. The lowest BCUT2D eigenvalue weighted by atomic mass is 9.97. The minimum Gasteiger partial charge on any atom is -0.388 e. The van der Waals surface area contributed by atoms with Crippen molar-refractivity contribution in [2.75, 3.05) is 29.9 Å². The number of rotatable bonds is 8. The van der Waals surface area contributed by atoms with Crippen LogP contribution in [-0.4, -0.2) is 30.3 Å². The number of nitrogens with one attached hydrogen (secondary N) is 1. The fourth-order valence-corrected chi connectivity index (χ4v) is 2.15.